The molecule has 0 bridgehead atoms. The average molecular weight is 273 g/mol. The summed E-state index contributed by atoms with van der Waals surface area (Å²) < 4.78 is 1.84. The largest absolute Gasteiger partial charge is 0.368 e. The van der Waals surface area contributed by atoms with Crippen molar-refractivity contribution in [1.82, 2.24) is 24.7 Å². The third-order valence-corrected chi connectivity index (χ3v) is 3.50. The molecule has 7 nitrogen and oxygen atoms in total. The van der Waals surface area contributed by atoms with E-state index in [1.807, 2.05) is 17.8 Å². The molecule has 3 heterocycles. The van der Waals surface area contributed by atoms with Crippen molar-refractivity contribution in [2.45, 2.75) is 32.7 Å². The fraction of sp³-hybridized carbons (Fsp3) is 0.538. The first-order valence-corrected chi connectivity index (χ1v) is 7.05. The summed E-state index contributed by atoms with van der Waals surface area (Å²) in [6.45, 7) is 4.82. The highest BCUT2D eigenvalue weighted by Gasteiger charge is 2.16. The predicted octanol–water partition coefficient (Wildman–Crippen LogP) is 1.33. The second-order valence-corrected chi connectivity index (χ2v) is 4.95. The molecule has 0 aliphatic carbocycles. The molecule has 0 amide bonds. The molecule has 2 aromatic rings. The molecule has 1 aliphatic heterocycles. The van der Waals surface area contributed by atoms with Gasteiger partial charge in [0.15, 0.2) is 5.82 Å². The number of piperidine rings is 1. The van der Waals surface area contributed by atoms with Crippen LogP contribution in [0.25, 0.3) is 11.4 Å². The van der Waals surface area contributed by atoms with Crippen LogP contribution in [0.4, 0.5) is 11.9 Å². The fourth-order valence-electron chi connectivity index (χ4n) is 2.40. The smallest absolute Gasteiger partial charge is 0.230 e. The van der Waals surface area contributed by atoms with E-state index in [-0.39, 0.29) is 5.95 Å². The summed E-state index contributed by atoms with van der Waals surface area (Å²) >= 11 is 0. The summed E-state index contributed by atoms with van der Waals surface area (Å²) in [7, 11) is 0. The van der Waals surface area contributed by atoms with Crippen molar-refractivity contribution in [1.29, 1.82) is 0 Å². The van der Waals surface area contributed by atoms with Crippen LogP contribution in [-0.4, -0.2) is 37.8 Å². The highest BCUT2D eigenvalue weighted by molar-refractivity contribution is 5.55. The third-order valence-electron chi connectivity index (χ3n) is 3.50. The zero-order chi connectivity index (χ0) is 13.9. The van der Waals surface area contributed by atoms with Crippen LogP contribution in [0.2, 0.25) is 0 Å². The molecule has 0 radical (unpaired) electrons. The SMILES string of the molecule is CCn1cc(-c2nc(N)nc(N3CCCCC3)n2)cn1. The Balaban J connectivity index is 1.93. The van der Waals surface area contributed by atoms with Crippen molar-refractivity contribution >= 4 is 11.9 Å². The number of rotatable bonds is 3. The van der Waals surface area contributed by atoms with Crippen molar-refractivity contribution in [3.05, 3.63) is 12.4 Å². The fourth-order valence-corrected chi connectivity index (χ4v) is 2.40. The van der Waals surface area contributed by atoms with Gasteiger partial charge in [-0.3, -0.25) is 4.68 Å². The molecule has 3 rings (SSSR count). The first-order chi connectivity index (χ1) is 9.76. The van der Waals surface area contributed by atoms with Gasteiger partial charge >= 0.3 is 0 Å². The summed E-state index contributed by atoms with van der Waals surface area (Å²) in [5.74, 6) is 1.54. The maximum atomic E-state index is 5.83. The molecule has 0 atom stereocenters. The Morgan fingerprint density at radius 3 is 2.65 bits per heavy atom. The Hall–Kier alpha value is -2.18. The number of hydrogen-bond acceptors (Lipinski definition) is 6. The monoisotopic (exact) mass is 273 g/mol. The Bertz CT molecular complexity index is 586. The molecule has 20 heavy (non-hydrogen) atoms. The van der Waals surface area contributed by atoms with E-state index >= 15 is 0 Å². The number of hydrogen-bond donors (Lipinski definition) is 1. The Labute approximate surface area is 117 Å². The van der Waals surface area contributed by atoms with Crippen LogP contribution < -0.4 is 10.6 Å². The van der Waals surface area contributed by atoms with E-state index in [0.717, 1.165) is 25.2 Å². The van der Waals surface area contributed by atoms with E-state index in [1.54, 1.807) is 6.20 Å². The standard InChI is InChI=1S/C13H19N7/c1-2-20-9-10(8-15-20)11-16-12(14)18-13(17-11)19-6-4-3-5-7-19/h8-9H,2-7H2,1H3,(H2,14,16,17,18). The van der Waals surface area contributed by atoms with Crippen LogP contribution in [0.3, 0.4) is 0 Å². The molecule has 0 aromatic carbocycles. The quantitative estimate of drug-likeness (QED) is 0.908. The molecule has 0 spiro atoms. The molecule has 1 aliphatic rings. The topological polar surface area (TPSA) is 85.8 Å². The number of nitrogens with zero attached hydrogens (tertiary/aromatic N) is 6. The highest BCUT2D eigenvalue weighted by Crippen LogP contribution is 2.20. The first-order valence-electron chi connectivity index (χ1n) is 7.05. The molecule has 106 valence electrons. The third kappa shape index (κ3) is 2.56. The lowest BCUT2D eigenvalue weighted by Crippen LogP contribution is -2.31. The zero-order valence-electron chi connectivity index (χ0n) is 11.7. The van der Waals surface area contributed by atoms with Crippen LogP contribution in [0.5, 0.6) is 0 Å². The van der Waals surface area contributed by atoms with Gasteiger partial charge in [0.1, 0.15) is 0 Å². The van der Waals surface area contributed by atoms with Gasteiger partial charge < -0.3 is 10.6 Å². The van der Waals surface area contributed by atoms with E-state index in [1.165, 1.54) is 19.3 Å². The lowest BCUT2D eigenvalue weighted by Gasteiger charge is -2.26. The predicted molar refractivity (Wildman–Crippen MR) is 77.2 cm³/mol. The number of aryl methyl sites for hydroxylation is 1. The van der Waals surface area contributed by atoms with E-state index in [4.69, 9.17) is 5.73 Å². The average Bonchev–Trinajstić information content (AvgIpc) is 2.96. The van der Waals surface area contributed by atoms with E-state index in [9.17, 15) is 0 Å². The number of anilines is 2. The van der Waals surface area contributed by atoms with Gasteiger partial charge in [0.25, 0.3) is 0 Å². The van der Waals surface area contributed by atoms with E-state index < -0.39 is 0 Å². The van der Waals surface area contributed by atoms with Gasteiger partial charge in [-0.05, 0) is 26.2 Å². The Morgan fingerprint density at radius 2 is 1.95 bits per heavy atom. The van der Waals surface area contributed by atoms with Gasteiger partial charge in [-0.2, -0.15) is 20.1 Å². The van der Waals surface area contributed by atoms with Gasteiger partial charge in [0, 0.05) is 25.8 Å². The maximum Gasteiger partial charge on any atom is 0.230 e. The summed E-state index contributed by atoms with van der Waals surface area (Å²) in [4.78, 5) is 15.2. The van der Waals surface area contributed by atoms with Crippen molar-refractivity contribution in [3.63, 3.8) is 0 Å². The minimum Gasteiger partial charge on any atom is -0.368 e. The molecule has 2 N–H and O–H groups in total. The molecule has 1 saturated heterocycles. The number of aromatic nitrogens is 5. The Kier molecular flexibility index (Phi) is 3.49. The van der Waals surface area contributed by atoms with Gasteiger partial charge in [0.05, 0.1) is 11.8 Å². The van der Waals surface area contributed by atoms with Crippen molar-refractivity contribution in [2.24, 2.45) is 0 Å². The molecule has 7 heteroatoms. The summed E-state index contributed by atoms with van der Waals surface area (Å²) in [5.41, 5.74) is 6.70. The zero-order valence-corrected chi connectivity index (χ0v) is 11.7. The minimum atomic E-state index is 0.264. The van der Waals surface area contributed by atoms with Crippen molar-refractivity contribution in [2.75, 3.05) is 23.7 Å². The van der Waals surface area contributed by atoms with Crippen LogP contribution >= 0.6 is 0 Å². The molecular formula is C13H19N7. The second kappa shape index (κ2) is 5.44. The second-order valence-electron chi connectivity index (χ2n) is 4.95. The van der Waals surface area contributed by atoms with Gasteiger partial charge in [-0.1, -0.05) is 0 Å². The van der Waals surface area contributed by atoms with Crippen LogP contribution in [0, 0.1) is 0 Å². The van der Waals surface area contributed by atoms with Crippen LogP contribution in [0.1, 0.15) is 26.2 Å². The lowest BCUT2D eigenvalue weighted by molar-refractivity contribution is 0.568. The van der Waals surface area contributed by atoms with Crippen molar-refractivity contribution < 1.29 is 0 Å². The molecular weight excluding hydrogens is 254 g/mol. The van der Waals surface area contributed by atoms with Crippen LogP contribution in [-0.2, 0) is 6.54 Å². The first kappa shape index (κ1) is 12.8. The van der Waals surface area contributed by atoms with Gasteiger partial charge in [0.2, 0.25) is 11.9 Å². The number of nitrogen functional groups attached to an aromatic ring is 1. The van der Waals surface area contributed by atoms with Crippen molar-refractivity contribution in [3.8, 4) is 11.4 Å². The molecule has 0 unspecified atom stereocenters. The molecule has 2 aromatic heterocycles. The molecule has 1 fully saturated rings. The summed E-state index contributed by atoms with van der Waals surface area (Å²) in [6, 6.07) is 0. The highest BCUT2D eigenvalue weighted by atomic mass is 15.3. The number of nitrogens with two attached hydrogens (primary N) is 1. The van der Waals surface area contributed by atoms with E-state index in [0.29, 0.717) is 11.8 Å². The lowest BCUT2D eigenvalue weighted by atomic mass is 10.1. The normalized spacial score (nSPS) is 15.6. The van der Waals surface area contributed by atoms with Gasteiger partial charge in [-0.25, -0.2) is 0 Å². The maximum absolute atomic E-state index is 5.83. The Morgan fingerprint density at radius 1 is 1.15 bits per heavy atom. The minimum absolute atomic E-state index is 0.264. The van der Waals surface area contributed by atoms with Gasteiger partial charge in [-0.15, -0.1) is 0 Å². The van der Waals surface area contributed by atoms with E-state index in [2.05, 4.69) is 25.0 Å². The van der Waals surface area contributed by atoms with Crippen LogP contribution in [0.15, 0.2) is 12.4 Å². The summed E-state index contributed by atoms with van der Waals surface area (Å²) in [6.07, 6.45) is 7.31. The molecule has 0 saturated carbocycles. The summed E-state index contributed by atoms with van der Waals surface area (Å²) in [5, 5.41) is 4.24.